The molecule has 0 nitrogen and oxygen atoms in total. The van der Waals surface area contributed by atoms with Crippen molar-refractivity contribution < 1.29 is 0 Å². The molecule has 4 aliphatic carbocycles. The van der Waals surface area contributed by atoms with Crippen LogP contribution < -0.4 is 0 Å². The van der Waals surface area contributed by atoms with Crippen molar-refractivity contribution in [2.75, 3.05) is 0 Å². The van der Waals surface area contributed by atoms with Crippen LogP contribution in [0.3, 0.4) is 0 Å². The molecule has 0 aromatic heterocycles. The highest BCUT2D eigenvalue weighted by atomic mass is 14.5. The van der Waals surface area contributed by atoms with E-state index >= 15 is 0 Å². The van der Waals surface area contributed by atoms with Gasteiger partial charge in [-0.1, -0.05) is 42.5 Å². The molecular formula is C13H8. The van der Waals surface area contributed by atoms with Gasteiger partial charge < -0.3 is 0 Å². The van der Waals surface area contributed by atoms with Gasteiger partial charge in [-0.3, -0.25) is 0 Å². The molecule has 5 rings (SSSR count). The Hall–Kier alpha value is -1.56. The van der Waals surface area contributed by atoms with Gasteiger partial charge in [-0.05, 0) is 28.3 Å². The lowest BCUT2D eigenvalue weighted by molar-refractivity contribution is 0.742. The minimum Gasteiger partial charge on any atom is -0.0652 e. The predicted octanol–water partition coefficient (Wildman–Crippen LogP) is 2.81. The van der Waals surface area contributed by atoms with Crippen molar-refractivity contribution in [1.82, 2.24) is 0 Å². The van der Waals surface area contributed by atoms with Crippen LogP contribution in [0.1, 0.15) is 16.7 Å². The smallest absolute Gasteiger partial charge is 0.0647 e. The third-order valence-corrected chi connectivity index (χ3v) is 3.44. The van der Waals surface area contributed by atoms with E-state index in [2.05, 4.69) is 48.6 Å². The van der Waals surface area contributed by atoms with Gasteiger partial charge in [-0.25, -0.2) is 0 Å². The van der Waals surface area contributed by atoms with Crippen LogP contribution in [0.4, 0.5) is 0 Å². The first-order valence-corrected chi connectivity index (χ1v) is 4.65. The van der Waals surface area contributed by atoms with Gasteiger partial charge in [0.1, 0.15) is 0 Å². The van der Waals surface area contributed by atoms with Crippen molar-refractivity contribution in [1.29, 1.82) is 0 Å². The summed E-state index contributed by atoms with van der Waals surface area (Å²) in [7, 11) is 0. The fraction of sp³-hybridized carbons (Fsp3) is 0.0769. The van der Waals surface area contributed by atoms with Gasteiger partial charge in [0.05, 0.1) is 5.41 Å². The van der Waals surface area contributed by atoms with Crippen molar-refractivity contribution in [3.63, 3.8) is 0 Å². The Morgan fingerprint density at radius 3 is 2.69 bits per heavy atom. The molecule has 0 saturated heterocycles. The number of hydrogen-bond donors (Lipinski definition) is 0. The average Bonchev–Trinajstić information content (AvgIpc) is 2.72. The predicted molar refractivity (Wildman–Crippen MR) is 53.5 cm³/mol. The van der Waals surface area contributed by atoms with Gasteiger partial charge in [-0.2, -0.15) is 0 Å². The van der Waals surface area contributed by atoms with Crippen molar-refractivity contribution in [3.05, 3.63) is 64.8 Å². The molecule has 1 spiro atoms. The Bertz CT molecular complexity index is 491. The molecule has 4 aliphatic rings. The first-order valence-electron chi connectivity index (χ1n) is 4.65. The van der Waals surface area contributed by atoms with Gasteiger partial charge in [0.25, 0.3) is 0 Å². The van der Waals surface area contributed by atoms with Crippen molar-refractivity contribution in [2.24, 2.45) is 0 Å². The van der Waals surface area contributed by atoms with Gasteiger partial charge in [0.15, 0.2) is 0 Å². The quantitative estimate of drug-likeness (QED) is 0.553. The molecule has 0 aliphatic heterocycles. The Kier molecular flexibility index (Phi) is 0.716. The maximum absolute atomic E-state index is 2.32. The maximum Gasteiger partial charge on any atom is 0.0647 e. The average molecular weight is 164 g/mol. The van der Waals surface area contributed by atoms with Crippen LogP contribution in [0.5, 0.6) is 0 Å². The van der Waals surface area contributed by atoms with Crippen LogP contribution in [0, 0.1) is 0 Å². The third kappa shape index (κ3) is 0.413. The number of allylic oxidation sites excluding steroid dienone is 5. The Labute approximate surface area is 76.9 Å². The summed E-state index contributed by atoms with van der Waals surface area (Å²) in [6.45, 7) is 0. The van der Waals surface area contributed by atoms with E-state index in [9.17, 15) is 0 Å². The monoisotopic (exact) mass is 164 g/mol. The molecule has 0 fully saturated rings. The molecule has 0 amide bonds. The highest BCUT2D eigenvalue weighted by molar-refractivity contribution is 5.90. The minimum absolute atomic E-state index is 0.193. The summed E-state index contributed by atoms with van der Waals surface area (Å²) >= 11 is 0. The van der Waals surface area contributed by atoms with Gasteiger partial charge in [0, 0.05) is 0 Å². The molecule has 0 atom stereocenters. The van der Waals surface area contributed by atoms with E-state index in [1.54, 1.807) is 0 Å². The van der Waals surface area contributed by atoms with E-state index in [1.165, 1.54) is 22.3 Å². The maximum atomic E-state index is 2.32. The standard InChI is InChI=1S/C13H8/c1-2-7-13-9(4-1)8-10-11(13)5-3-6-12(10)13/h1-8H. The zero-order valence-corrected chi connectivity index (χ0v) is 7.12. The Morgan fingerprint density at radius 2 is 1.85 bits per heavy atom. The summed E-state index contributed by atoms with van der Waals surface area (Å²) in [5, 5.41) is 0. The van der Waals surface area contributed by atoms with E-state index in [0.29, 0.717) is 0 Å². The third-order valence-electron chi connectivity index (χ3n) is 3.44. The van der Waals surface area contributed by atoms with E-state index in [0.717, 1.165) is 0 Å². The van der Waals surface area contributed by atoms with Crippen LogP contribution in [0.25, 0.3) is 6.08 Å². The summed E-state index contributed by atoms with van der Waals surface area (Å²) < 4.78 is 0. The highest BCUT2D eigenvalue weighted by Gasteiger charge is 2.50. The van der Waals surface area contributed by atoms with Gasteiger partial charge in [0.2, 0.25) is 0 Å². The summed E-state index contributed by atoms with van der Waals surface area (Å²) in [5.74, 6) is 0. The molecule has 0 radical (unpaired) electrons. The van der Waals surface area contributed by atoms with Gasteiger partial charge in [-0.15, -0.1) is 0 Å². The fourth-order valence-corrected chi connectivity index (χ4v) is 2.89. The highest BCUT2D eigenvalue weighted by Crippen LogP contribution is 2.60. The van der Waals surface area contributed by atoms with E-state index in [1.807, 2.05) is 0 Å². The number of benzene rings is 1. The van der Waals surface area contributed by atoms with Crippen LogP contribution in [0.15, 0.2) is 48.1 Å². The Morgan fingerprint density at radius 1 is 1.00 bits per heavy atom. The Balaban J connectivity index is 2.15. The topological polar surface area (TPSA) is 0 Å². The largest absolute Gasteiger partial charge is 0.0652 e. The molecule has 13 heavy (non-hydrogen) atoms. The number of hydrogen-bond acceptors (Lipinski definition) is 0. The second-order valence-electron chi connectivity index (χ2n) is 3.89. The van der Waals surface area contributed by atoms with Crippen molar-refractivity contribution >= 4 is 6.08 Å². The van der Waals surface area contributed by atoms with E-state index < -0.39 is 0 Å². The second kappa shape index (κ2) is 1.56. The second-order valence-corrected chi connectivity index (χ2v) is 3.89. The molecule has 1 aromatic rings. The molecule has 0 heterocycles. The molecule has 1 aromatic carbocycles. The first-order chi connectivity index (χ1) is 6.43. The summed E-state index contributed by atoms with van der Waals surface area (Å²) in [6.07, 6.45) is 11.2. The summed E-state index contributed by atoms with van der Waals surface area (Å²) in [6, 6.07) is 6.65. The zero-order chi connectivity index (χ0) is 8.47. The van der Waals surface area contributed by atoms with Crippen LogP contribution in [-0.4, -0.2) is 0 Å². The number of rotatable bonds is 0. The van der Waals surface area contributed by atoms with Crippen LogP contribution >= 0.6 is 0 Å². The zero-order valence-electron chi connectivity index (χ0n) is 7.12. The molecule has 0 N–H and O–H groups in total. The molecule has 4 bridgehead atoms. The lowest BCUT2D eigenvalue weighted by Gasteiger charge is -2.39. The fourth-order valence-electron chi connectivity index (χ4n) is 2.89. The van der Waals surface area contributed by atoms with Crippen molar-refractivity contribution in [3.8, 4) is 0 Å². The molecular weight excluding hydrogens is 156 g/mol. The SMILES string of the molecule is C1=CC2=CC3=C4C=CC=C3C24C=C1. The summed E-state index contributed by atoms with van der Waals surface area (Å²) in [5.41, 5.74) is 6.12. The van der Waals surface area contributed by atoms with E-state index in [-0.39, 0.29) is 5.41 Å². The summed E-state index contributed by atoms with van der Waals surface area (Å²) in [4.78, 5) is 0. The van der Waals surface area contributed by atoms with Crippen LogP contribution in [-0.2, 0) is 5.41 Å². The normalized spacial score (nSPS) is 22.3. The molecule has 60 valence electrons. The molecule has 0 saturated carbocycles. The first kappa shape index (κ1) is 5.98. The molecule has 0 unspecified atom stereocenters. The van der Waals surface area contributed by atoms with Gasteiger partial charge >= 0.3 is 0 Å². The minimum atomic E-state index is 0.193. The van der Waals surface area contributed by atoms with Crippen LogP contribution in [0.2, 0.25) is 0 Å². The van der Waals surface area contributed by atoms with Crippen molar-refractivity contribution in [2.45, 2.75) is 5.41 Å². The van der Waals surface area contributed by atoms with E-state index in [4.69, 9.17) is 0 Å². The lowest BCUT2D eigenvalue weighted by Crippen LogP contribution is -2.32. The molecule has 0 heteroatoms. The lowest BCUT2D eigenvalue weighted by atomic mass is 9.63.